The molecule has 0 N–H and O–H groups in total. The lowest BCUT2D eigenvalue weighted by Crippen LogP contribution is -2.37. The normalized spacial score (nSPS) is 12.0. The lowest BCUT2D eigenvalue weighted by molar-refractivity contribution is -0.114. The van der Waals surface area contributed by atoms with E-state index in [4.69, 9.17) is 23.2 Å². The molecule has 0 spiro atoms. The van der Waals surface area contributed by atoms with Crippen molar-refractivity contribution in [2.45, 2.75) is 26.3 Å². The van der Waals surface area contributed by atoms with Crippen LogP contribution in [0.5, 0.6) is 0 Å². The van der Waals surface area contributed by atoms with Crippen molar-refractivity contribution in [1.82, 2.24) is 0 Å². The molecule has 1 rings (SSSR count). The second kappa shape index (κ2) is 6.08. The summed E-state index contributed by atoms with van der Waals surface area (Å²) in [5.74, 6) is -0.141. The minimum atomic E-state index is -0.141. The number of anilines is 1. The van der Waals surface area contributed by atoms with Crippen LogP contribution in [0.4, 0.5) is 5.69 Å². The number of amides is 1. The van der Waals surface area contributed by atoms with Gasteiger partial charge >= 0.3 is 0 Å². The Morgan fingerprint density at radius 3 is 2.59 bits per heavy atom. The zero-order valence-corrected chi connectivity index (χ0v) is 11.4. The number of carbonyl (C=O) groups excluding carboxylic acids is 1. The smallest absolute Gasteiger partial charge is 0.250 e. The van der Waals surface area contributed by atoms with Crippen LogP contribution in [0.1, 0.15) is 20.3 Å². The van der Waals surface area contributed by atoms with Gasteiger partial charge in [0, 0.05) is 11.7 Å². The third-order valence-electron chi connectivity index (χ3n) is 2.63. The van der Waals surface area contributed by atoms with Crippen molar-refractivity contribution in [2.75, 3.05) is 4.90 Å². The Morgan fingerprint density at radius 2 is 2.12 bits per heavy atom. The Bertz CT molecular complexity index is 431. The molecule has 1 unspecified atom stereocenters. The van der Waals surface area contributed by atoms with E-state index in [1.165, 1.54) is 6.08 Å². The minimum absolute atomic E-state index is 0.0812. The highest BCUT2D eigenvalue weighted by Crippen LogP contribution is 2.28. The quantitative estimate of drug-likeness (QED) is 0.748. The van der Waals surface area contributed by atoms with E-state index in [1.54, 1.807) is 23.1 Å². The predicted molar refractivity (Wildman–Crippen MR) is 73.9 cm³/mol. The Labute approximate surface area is 112 Å². The summed E-state index contributed by atoms with van der Waals surface area (Å²) >= 11 is 11.8. The summed E-state index contributed by atoms with van der Waals surface area (Å²) in [6, 6.07) is 5.24. The van der Waals surface area contributed by atoms with Gasteiger partial charge in [0.15, 0.2) is 0 Å². The van der Waals surface area contributed by atoms with Crippen LogP contribution in [-0.4, -0.2) is 11.9 Å². The van der Waals surface area contributed by atoms with Crippen LogP contribution in [0.2, 0.25) is 10.0 Å². The van der Waals surface area contributed by atoms with Crippen LogP contribution in [-0.2, 0) is 4.79 Å². The molecule has 0 aliphatic carbocycles. The van der Waals surface area contributed by atoms with Crippen molar-refractivity contribution in [1.29, 1.82) is 0 Å². The topological polar surface area (TPSA) is 20.3 Å². The summed E-state index contributed by atoms with van der Waals surface area (Å²) in [5, 5.41) is 0.917. The first-order chi connectivity index (χ1) is 8.01. The number of halogens is 2. The third-order valence-corrected chi connectivity index (χ3v) is 3.36. The Kier molecular flexibility index (Phi) is 5.03. The van der Waals surface area contributed by atoms with Crippen molar-refractivity contribution in [3.05, 3.63) is 40.9 Å². The van der Waals surface area contributed by atoms with Crippen LogP contribution < -0.4 is 4.90 Å². The predicted octanol–water partition coefficient (Wildman–Crippen LogP) is 4.31. The minimum Gasteiger partial charge on any atom is -0.306 e. The molecule has 0 bridgehead atoms. The average Bonchev–Trinajstić information content (AvgIpc) is 2.33. The number of nitrogens with zero attached hydrogens (tertiary/aromatic N) is 1. The van der Waals surface area contributed by atoms with E-state index >= 15 is 0 Å². The molecule has 1 aromatic rings. The number of benzene rings is 1. The number of carbonyl (C=O) groups is 1. The molecule has 2 nitrogen and oxygen atoms in total. The van der Waals surface area contributed by atoms with Crippen molar-refractivity contribution >= 4 is 34.8 Å². The van der Waals surface area contributed by atoms with Gasteiger partial charge < -0.3 is 4.90 Å². The number of rotatable bonds is 4. The van der Waals surface area contributed by atoms with Crippen LogP contribution in [0.3, 0.4) is 0 Å². The molecular weight excluding hydrogens is 257 g/mol. The Morgan fingerprint density at radius 1 is 1.47 bits per heavy atom. The molecule has 0 saturated heterocycles. The zero-order chi connectivity index (χ0) is 13.0. The largest absolute Gasteiger partial charge is 0.306 e. The second-order valence-electron chi connectivity index (χ2n) is 3.77. The third kappa shape index (κ3) is 3.24. The highest BCUT2D eigenvalue weighted by Gasteiger charge is 2.19. The average molecular weight is 272 g/mol. The number of hydrogen-bond donors (Lipinski definition) is 0. The van der Waals surface area contributed by atoms with E-state index in [1.807, 2.05) is 13.8 Å². The maximum Gasteiger partial charge on any atom is 0.250 e. The molecule has 0 heterocycles. The molecule has 0 aliphatic heterocycles. The van der Waals surface area contributed by atoms with Crippen LogP contribution >= 0.6 is 23.2 Å². The molecule has 92 valence electrons. The molecule has 0 aromatic heterocycles. The van der Waals surface area contributed by atoms with Gasteiger partial charge in [0.2, 0.25) is 0 Å². The van der Waals surface area contributed by atoms with Crippen molar-refractivity contribution in [3.63, 3.8) is 0 Å². The Hall–Kier alpha value is -0.990. The maximum absolute atomic E-state index is 11.8. The molecule has 1 aromatic carbocycles. The van der Waals surface area contributed by atoms with E-state index in [2.05, 4.69) is 6.58 Å². The van der Waals surface area contributed by atoms with Crippen LogP contribution in [0.25, 0.3) is 0 Å². The van der Waals surface area contributed by atoms with Gasteiger partial charge in [0.05, 0.1) is 10.0 Å². The van der Waals surface area contributed by atoms with Crippen molar-refractivity contribution in [3.8, 4) is 0 Å². The fraction of sp³-hybridized carbons (Fsp3) is 0.308. The highest BCUT2D eigenvalue weighted by atomic mass is 35.5. The second-order valence-corrected chi connectivity index (χ2v) is 4.58. The zero-order valence-electron chi connectivity index (χ0n) is 9.91. The lowest BCUT2D eigenvalue weighted by Gasteiger charge is -2.27. The standard InChI is InChI=1S/C13H15Cl2NO/c1-4-9(3)16(13(17)5-2)10-6-7-11(14)12(15)8-10/h5-9H,2,4H2,1,3H3. The SMILES string of the molecule is C=CC(=O)N(c1ccc(Cl)c(Cl)c1)C(C)CC. The van der Waals surface area contributed by atoms with Gasteiger partial charge in [0.25, 0.3) is 5.91 Å². The molecule has 4 heteroatoms. The summed E-state index contributed by atoms with van der Waals surface area (Å²) in [4.78, 5) is 13.5. The fourth-order valence-electron chi connectivity index (χ4n) is 1.51. The maximum atomic E-state index is 11.8. The van der Waals surface area contributed by atoms with Gasteiger partial charge in [-0.2, -0.15) is 0 Å². The first-order valence-electron chi connectivity index (χ1n) is 5.42. The van der Waals surface area contributed by atoms with E-state index in [0.29, 0.717) is 10.0 Å². The molecule has 0 radical (unpaired) electrons. The van der Waals surface area contributed by atoms with E-state index in [0.717, 1.165) is 12.1 Å². The van der Waals surface area contributed by atoms with E-state index in [9.17, 15) is 4.79 Å². The molecule has 0 saturated carbocycles. The number of hydrogen-bond acceptors (Lipinski definition) is 1. The van der Waals surface area contributed by atoms with Gasteiger partial charge in [-0.25, -0.2) is 0 Å². The van der Waals surface area contributed by atoms with Gasteiger partial charge in [-0.1, -0.05) is 36.7 Å². The van der Waals surface area contributed by atoms with Crippen molar-refractivity contribution < 1.29 is 4.79 Å². The summed E-state index contributed by atoms with van der Waals surface area (Å²) in [5.41, 5.74) is 0.735. The molecule has 0 aliphatic rings. The molecule has 0 fully saturated rings. The van der Waals surface area contributed by atoms with Gasteiger partial charge in [-0.15, -0.1) is 0 Å². The fourth-order valence-corrected chi connectivity index (χ4v) is 1.81. The Balaban J connectivity index is 3.17. The van der Waals surface area contributed by atoms with Crippen molar-refractivity contribution in [2.24, 2.45) is 0 Å². The molecule has 17 heavy (non-hydrogen) atoms. The van der Waals surface area contributed by atoms with Gasteiger partial charge in [-0.05, 0) is 37.6 Å². The van der Waals surface area contributed by atoms with Crippen LogP contribution in [0, 0.1) is 0 Å². The summed E-state index contributed by atoms with van der Waals surface area (Å²) in [7, 11) is 0. The summed E-state index contributed by atoms with van der Waals surface area (Å²) < 4.78 is 0. The molecular formula is C13H15Cl2NO. The molecule has 1 amide bonds. The first-order valence-corrected chi connectivity index (χ1v) is 6.17. The summed E-state index contributed by atoms with van der Waals surface area (Å²) in [6.07, 6.45) is 2.15. The summed E-state index contributed by atoms with van der Waals surface area (Å²) in [6.45, 7) is 7.51. The van der Waals surface area contributed by atoms with Crippen LogP contribution in [0.15, 0.2) is 30.9 Å². The highest BCUT2D eigenvalue weighted by molar-refractivity contribution is 6.42. The lowest BCUT2D eigenvalue weighted by atomic mass is 10.1. The first kappa shape index (κ1) is 14.1. The van der Waals surface area contributed by atoms with Gasteiger partial charge in [-0.3, -0.25) is 4.79 Å². The van der Waals surface area contributed by atoms with E-state index < -0.39 is 0 Å². The van der Waals surface area contributed by atoms with Gasteiger partial charge in [0.1, 0.15) is 0 Å². The van der Waals surface area contributed by atoms with E-state index in [-0.39, 0.29) is 11.9 Å². The monoisotopic (exact) mass is 271 g/mol. The molecule has 1 atom stereocenters.